The molecule has 0 amide bonds. The molecule has 5 rings (SSSR count). The molecule has 0 spiro atoms. The van der Waals surface area contributed by atoms with Crippen LogP contribution in [0, 0.1) is 0 Å². The summed E-state index contributed by atoms with van der Waals surface area (Å²) in [4.78, 5) is 9.68. The number of anilines is 1. The number of hydrogen-bond donors (Lipinski definition) is 0. The number of piperazine rings is 1. The molecular formula is C20H21N3O3S. The second kappa shape index (κ2) is 6.90. The third-order valence-corrected chi connectivity index (χ3v) is 6.16. The summed E-state index contributed by atoms with van der Waals surface area (Å²) in [6.07, 6.45) is 0. The molecule has 1 fully saturated rings. The fourth-order valence-electron chi connectivity index (χ4n) is 3.61. The Morgan fingerprint density at radius 2 is 1.93 bits per heavy atom. The second-order valence-corrected chi connectivity index (χ2v) is 7.76. The summed E-state index contributed by atoms with van der Waals surface area (Å²) < 4.78 is 17.5. The number of rotatable bonds is 4. The second-order valence-electron chi connectivity index (χ2n) is 6.75. The van der Waals surface area contributed by atoms with Crippen LogP contribution in [0.4, 0.5) is 5.13 Å². The molecule has 2 aliphatic rings. The van der Waals surface area contributed by atoms with Crippen molar-refractivity contribution in [3.05, 3.63) is 42.0 Å². The van der Waals surface area contributed by atoms with Crippen molar-refractivity contribution in [2.24, 2.45) is 0 Å². The van der Waals surface area contributed by atoms with Gasteiger partial charge in [-0.1, -0.05) is 23.5 Å². The van der Waals surface area contributed by atoms with Crippen LogP contribution in [0.25, 0.3) is 10.2 Å². The molecule has 1 saturated heterocycles. The highest BCUT2D eigenvalue weighted by Gasteiger charge is 2.21. The Bertz CT molecular complexity index is 966. The molecule has 0 bridgehead atoms. The topological polar surface area (TPSA) is 47.1 Å². The highest BCUT2D eigenvalue weighted by Crippen LogP contribution is 2.35. The molecule has 0 unspecified atom stereocenters. The molecule has 140 valence electrons. The summed E-state index contributed by atoms with van der Waals surface area (Å²) in [5.74, 6) is 2.54. The van der Waals surface area contributed by atoms with E-state index in [0.29, 0.717) is 6.79 Å². The first-order valence-corrected chi connectivity index (χ1v) is 9.91. The quantitative estimate of drug-likeness (QED) is 0.689. The van der Waals surface area contributed by atoms with E-state index in [9.17, 15) is 0 Å². The van der Waals surface area contributed by atoms with E-state index in [2.05, 4.69) is 28.0 Å². The maximum absolute atomic E-state index is 5.48. The maximum Gasteiger partial charge on any atom is 0.231 e. The van der Waals surface area contributed by atoms with Crippen LogP contribution < -0.4 is 19.1 Å². The molecule has 27 heavy (non-hydrogen) atoms. The molecule has 6 nitrogen and oxygen atoms in total. The normalized spacial score (nSPS) is 16.9. The number of hydrogen-bond acceptors (Lipinski definition) is 7. The number of nitrogens with zero attached hydrogens (tertiary/aromatic N) is 3. The third kappa shape index (κ3) is 3.17. The van der Waals surface area contributed by atoms with Gasteiger partial charge in [0.05, 0.1) is 11.8 Å². The largest absolute Gasteiger partial charge is 0.494 e. The molecule has 0 atom stereocenters. The Hall–Kier alpha value is -2.51. The van der Waals surface area contributed by atoms with Crippen LogP contribution in [0.3, 0.4) is 0 Å². The molecular weight excluding hydrogens is 362 g/mol. The van der Waals surface area contributed by atoms with Gasteiger partial charge in [-0.2, -0.15) is 0 Å². The molecule has 1 aromatic heterocycles. The van der Waals surface area contributed by atoms with Gasteiger partial charge in [-0.15, -0.1) is 0 Å². The van der Waals surface area contributed by atoms with Crippen LogP contribution in [0.2, 0.25) is 0 Å². The summed E-state index contributed by atoms with van der Waals surface area (Å²) >= 11 is 1.74. The fraction of sp³-hybridized carbons (Fsp3) is 0.350. The number of aromatic nitrogens is 1. The van der Waals surface area contributed by atoms with Crippen molar-refractivity contribution in [2.75, 3.05) is 45.0 Å². The predicted octanol–water partition coefficient (Wildman–Crippen LogP) is 3.36. The van der Waals surface area contributed by atoms with E-state index in [0.717, 1.165) is 60.6 Å². The van der Waals surface area contributed by atoms with Gasteiger partial charge in [0, 0.05) is 32.7 Å². The van der Waals surface area contributed by atoms with Crippen molar-refractivity contribution >= 4 is 26.7 Å². The van der Waals surface area contributed by atoms with Crippen LogP contribution in [0.1, 0.15) is 5.56 Å². The van der Waals surface area contributed by atoms with Crippen molar-refractivity contribution in [1.82, 2.24) is 9.88 Å². The number of benzene rings is 2. The minimum Gasteiger partial charge on any atom is -0.494 e. The van der Waals surface area contributed by atoms with Crippen LogP contribution in [0.15, 0.2) is 36.4 Å². The van der Waals surface area contributed by atoms with Gasteiger partial charge in [-0.25, -0.2) is 4.98 Å². The molecule has 3 aromatic rings. The van der Waals surface area contributed by atoms with Crippen molar-refractivity contribution < 1.29 is 14.2 Å². The lowest BCUT2D eigenvalue weighted by molar-refractivity contribution is 0.174. The highest BCUT2D eigenvalue weighted by atomic mass is 32.1. The van der Waals surface area contributed by atoms with Gasteiger partial charge in [0.15, 0.2) is 16.6 Å². The Morgan fingerprint density at radius 3 is 2.78 bits per heavy atom. The van der Waals surface area contributed by atoms with Crippen LogP contribution >= 0.6 is 11.3 Å². The molecule has 0 radical (unpaired) electrons. The summed E-state index contributed by atoms with van der Waals surface area (Å²) in [6.45, 7) is 5.24. The molecule has 2 aliphatic heterocycles. The van der Waals surface area contributed by atoms with Crippen LogP contribution in [0.5, 0.6) is 17.2 Å². The Balaban J connectivity index is 1.25. The Kier molecular flexibility index (Phi) is 4.26. The van der Waals surface area contributed by atoms with E-state index in [1.165, 1.54) is 10.3 Å². The summed E-state index contributed by atoms with van der Waals surface area (Å²) in [5, 5.41) is 1.08. The van der Waals surface area contributed by atoms with E-state index in [1.54, 1.807) is 18.4 Å². The maximum atomic E-state index is 5.48. The van der Waals surface area contributed by atoms with E-state index >= 15 is 0 Å². The average molecular weight is 383 g/mol. The minimum atomic E-state index is 0.324. The fourth-order valence-corrected chi connectivity index (χ4v) is 4.64. The highest BCUT2D eigenvalue weighted by molar-refractivity contribution is 7.22. The zero-order valence-electron chi connectivity index (χ0n) is 15.2. The number of para-hydroxylation sites is 1. The van der Waals surface area contributed by atoms with Gasteiger partial charge in [0.1, 0.15) is 11.3 Å². The van der Waals surface area contributed by atoms with Crippen LogP contribution in [-0.4, -0.2) is 50.0 Å². The number of thiazole rings is 1. The predicted molar refractivity (Wildman–Crippen MR) is 106 cm³/mol. The summed E-state index contributed by atoms with van der Waals surface area (Å²) in [7, 11) is 1.70. The molecule has 0 aliphatic carbocycles. The van der Waals surface area contributed by atoms with Crippen LogP contribution in [-0.2, 0) is 6.54 Å². The molecule has 7 heteroatoms. The lowest BCUT2D eigenvalue weighted by Gasteiger charge is -2.34. The van der Waals surface area contributed by atoms with Crippen molar-refractivity contribution in [3.8, 4) is 17.2 Å². The van der Waals surface area contributed by atoms with Gasteiger partial charge in [0.25, 0.3) is 0 Å². The monoisotopic (exact) mass is 383 g/mol. The first-order valence-electron chi connectivity index (χ1n) is 9.09. The third-order valence-electron chi connectivity index (χ3n) is 5.08. The Morgan fingerprint density at radius 1 is 1.07 bits per heavy atom. The first kappa shape index (κ1) is 16.6. The van der Waals surface area contributed by atoms with Crippen molar-refractivity contribution in [1.29, 1.82) is 0 Å². The minimum absolute atomic E-state index is 0.324. The summed E-state index contributed by atoms with van der Waals surface area (Å²) in [5.41, 5.74) is 2.22. The Labute approximate surface area is 161 Å². The van der Waals surface area contributed by atoms with E-state index in [4.69, 9.17) is 19.2 Å². The smallest absolute Gasteiger partial charge is 0.231 e. The number of fused-ring (bicyclic) bond motifs is 2. The van der Waals surface area contributed by atoms with Gasteiger partial charge in [-0.05, 0) is 29.8 Å². The van der Waals surface area contributed by atoms with Gasteiger partial charge >= 0.3 is 0 Å². The first-order chi connectivity index (χ1) is 13.3. The molecule has 2 aromatic carbocycles. The van der Waals surface area contributed by atoms with Crippen molar-refractivity contribution in [2.45, 2.75) is 6.54 Å². The lowest BCUT2D eigenvalue weighted by Crippen LogP contribution is -2.45. The zero-order valence-corrected chi connectivity index (χ0v) is 16.0. The average Bonchev–Trinajstić information content (AvgIpc) is 3.34. The molecule has 0 saturated carbocycles. The SMILES string of the molecule is COc1cccc2sc(N3CCN(Cc4ccc5c(c4)OCO5)CC3)nc12. The van der Waals surface area contributed by atoms with Crippen molar-refractivity contribution in [3.63, 3.8) is 0 Å². The molecule has 0 N–H and O–H groups in total. The summed E-state index contributed by atoms with van der Waals surface area (Å²) in [6, 6.07) is 12.3. The van der Waals surface area contributed by atoms with E-state index < -0.39 is 0 Å². The lowest BCUT2D eigenvalue weighted by atomic mass is 10.1. The van der Waals surface area contributed by atoms with Gasteiger partial charge < -0.3 is 19.1 Å². The standard InChI is InChI=1S/C20H21N3O3S/c1-24-16-3-2-4-18-19(16)21-20(27-18)23-9-7-22(8-10-23)12-14-5-6-15-17(11-14)26-13-25-15/h2-6,11H,7-10,12-13H2,1H3. The molecule has 3 heterocycles. The van der Waals surface area contributed by atoms with Gasteiger partial charge in [0.2, 0.25) is 6.79 Å². The zero-order chi connectivity index (χ0) is 18.2. The number of methoxy groups -OCH3 is 1. The van der Waals surface area contributed by atoms with Gasteiger partial charge in [-0.3, -0.25) is 4.90 Å². The van der Waals surface area contributed by atoms with E-state index in [1.807, 2.05) is 18.2 Å². The number of ether oxygens (including phenoxy) is 3. The van der Waals surface area contributed by atoms with E-state index in [-0.39, 0.29) is 0 Å².